The molecule has 0 atom stereocenters. The molecule has 1 N–H and O–H groups in total. The molecule has 1 fully saturated rings. The van der Waals surface area contributed by atoms with E-state index in [2.05, 4.69) is 5.32 Å². The highest BCUT2D eigenvalue weighted by Gasteiger charge is 2.28. The van der Waals surface area contributed by atoms with E-state index < -0.39 is 10.0 Å². The van der Waals surface area contributed by atoms with Gasteiger partial charge >= 0.3 is 0 Å². The molecular weight excluding hydrogens is 312 g/mol. The highest BCUT2D eigenvalue weighted by molar-refractivity contribution is 7.92. The highest BCUT2D eigenvalue weighted by Crippen LogP contribution is 2.32. The molecule has 1 amide bonds. The van der Waals surface area contributed by atoms with Gasteiger partial charge in [-0.3, -0.25) is 9.10 Å². The van der Waals surface area contributed by atoms with Gasteiger partial charge in [0.2, 0.25) is 15.9 Å². The van der Waals surface area contributed by atoms with Gasteiger partial charge in [0, 0.05) is 6.04 Å². The number of carbonyl (C=O) groups excluding carboxylic acids is 1. The molecule has 0 spiro atoms. The number of amides is 1. The molecule has 0 unspecified atom stereocenters. The number of nitrogens with one attached hydrogen (secondary N) is 1. The van der Waals surface area contributed by atoms with Crippen LogP contribution in [-0.2, 0) is 14.8 Å². The Balaban J connectivity index is 2.34. The van der Waals surface area contributed by atoms with Crippen molar-refractivity contribution < 1.29 is 13.2 Å². The third kappa shape index (κ3) is 4.11. The first-order valence-electron chi connectivity index (χ1n) is 6.72. The Bertz CT molecular complexity index is 646. The molecule has 1 saturated carbocycles. The number of nitrogens with zero attached hydrogens (tertiary/aromatic N) is 1. The number of rotatable bonds is 5. The molecule has 0 radical (unpaired) electrons. The Morgan fingerprint density at radius 3 is 2.48 bits per heavy atom. The summed E-state index contributed by atoms with van der Waals surface area (Å²) in [6.07, 6.45) is 2.98. The van der Waals surface area contributed by atoms with Crippen LogP contribution in [0.3, 0.4) is 0 Å². The van der Waals surface area contributed by atoms with Gasteiger partial charge in [-0.25, -0.2) is 8.42 Å². The minimum absolute atomic E-state index is 0.188. The molecule has 0 aromatic heterocycles. The lowest BCUT2D eigenvalue weighted by atomic mass is 10.1. The van der Waals surface area contributed by atoms with E-state index in [0.29, 0.717) is 10.7 Å². The molecule has 2 rings (SSSR count). The van der Waals surface area contributed by atoms with Gasteiger partial charge < -0.3 is 5.32 Å². The second-order valence-electron chi connectivity index (χ2n) is 5.52. The molecule has 1 aromatic rings. The average molecular weight is 331 g/mol. The Morgan fingerprint density at radius 2 is 2.00 bits per heavy atom. The summed E-state index contributed by atoms with van der Waals surface area (Å²) in [5, 5.41) is 3.12. The van der Waals surface area contributed by atoms with E-state index in [1.807, 2.05) is 13.0 Å². The number of carbonyl (C=O) groups is 1. The van der Waals surface area contributed by atoms with Gasteiger partial charge in [-0.2, -0.15) is 0 Å². The van der Waals surface area contributed by atoms with Crippen molar-refractivity contribution in [2.24, 2.45) is 0 Å². The van der Waals surface area contributed by atoms with Crippen molar-refractivity contribution in [3.05, 3.63) is 28.3 Å². The maximum absolute atomic E-state index is 12.0. The molecule has 5 nitrogen and oxygen atoms in total. The molecule has 0 bridgehead atoms. The first-order valence-corrected chi connectivity index (χ1v) is 8.95. The number of sulfonamides is 1. The quantitative estimate of drug-likeness (QED) is 0.898. The molecule has 116 valence electrons. The topological polar surface area (TPSA) is 66.5 Å². The molecule has 0 aliphatic heterocycles. The van der Waals surface area contributed by atoms with Gasteiger partial charge in [0.15, 0.2) is 0 Å². The zero-order chi connectivity index (χ0) is 15.8. The van der Waals surface area contributed by atoms with E-state index in [4.69, 9.17) is 11.6 Å². The third-order valence-corrected chi connectivity index (χ3v) is 4.68. The average Bonchev–Trinajstić information content (AvgIpc) is 3.08. The third-order valence-electron chi connectivity index (χ3n) is 3.28. The number of hydrogen-bond donors (Lipinski definition) is 1. The summed E-state index contributed by atoms with van der Waals surface area (Å²) in [5.41, 5.74) is 2.04. The fourth-order valence-corrected chi connectivity index (χ4v) is 3.62. The first kappa shape index (κ1) is 16.1. The van der Waals surface area contributed by atoms with E-state index >= 15 is 0 Å². The predicted molar refractivity (Wildman–Crippen MR) is 84.3 cm³/mol. The van der Waals surface area contributed by atoms with E-state index in [9.17, 15) is 13.2 Å². The summed E-state index contributed by atoms with van der Waals surface area (Å²) in [7, 11) is -3.60. The summed E-state index contributed by atoms with van der Waals surface area (Å²) >= 11 is 6.20. The van der Waals surface area contributed by atoms with Crippen molar-refractivity contribution in [3.63, 3.8) is 0 Å². The zero-order valence-electron chi connectivity index (χ0n) is 12.3. The summed E-state index contributed by atoms with van der Waals surface area (Å²) in [4.78, 5) is 12.0. The number of aryl methyl sites for hydroxylation is 2. The van der Waals surface area contributed by atoms with Crippen LogP contribution in [-0.4, -0.2) is 33.2 Å². The van der Waals surface area contributed by atoms with Crippen LogP contribution in [0.2, 0.25) is 5.02 Å². The number of hydrogen-bond acceptors (Lipinski definition) is 3. The van der Waals surface area contributed by atoms with E-state index in [0.717, 1.165) is 34.5 Å². The summed E-state index contributed by atoms with van der Waals surface area (Å²) in [5.74, 6) is -0.307. The summed E-state index contributed by atoms with van der Waals surface area (Å²) in [6.45, 7) is 3.41. The number of halogens is 1. The maximum atomic E-state index is 12.0. The molecule has 0 heterocycles. The van der Waals surface area contributed by atoms with E-state index in [-0.39, 0.29) is 18.5 Å². The molecule has 21 heavy (non-hydrogen) atoms. The van der Waals surface area contributed by atoms with E-state index in [1.165, 1.54) is 0 Å². The lowest BCUT2D eigenvalue weighted by Crippen LogP contribution is -2.41. The van der Waals surface area contributed by atoms with Gasteiger partial charge in [0.25, 0.3) is 0 Å². The molecular formula is C14H19ClN2O3S. The summed E-state index contributed by atoms with van der Waals surface area (Å²) in [6, 6.07) is 3.73. The van der Waals surface area contributed by atoms with E-state index in [1.54, 1.807) is 13.0 Å². The first-order chi connectivity index (χ1) is 9.68. The van der Waals surface area contributed by atoms with Crippen LogP contribution in [0.15, 0.2) is 12.1 Å². The van der Waals surface area contributed by atoms with Crippen LogP contribution < -0.4 is 9.62 Å². The molecule has 1 aromatic carbocycles. The van der Waals surface area contributed by atoms with Gasteiger partial charge in [-0.1, -0.05) is 17.7 Å². The van der Waals surface area contributed by atoms with Gasteiger partial charge in [-0.15, -0.1) is 0 Å². The van der Waals surface area contributed by atoms with Crippen molar-refractivity contribution in [3.8, 4) is 0 Å². The van der Waals surface area contributed by atoms with Crippen LogP contribution in [0.25, 0.3) is 0 Å². The maximum Gasteiger partial charge on any atom is 0.240 e. The lowest BCUT2D eigenvalue weighted by molar-refractivity contribution is -0.119. The van der Waals surface area contributed by atoms with Gasteiger partial charge in [0.1, 0.15) is 6.54 Å². The number of anilines is 1. The molecule has 1 aliphatic carbocycles. The Hall–Kier alpha value is -1.27. The van der Waals surface area contributed by atoms with Crippen molar-refractivity contribution >= 4 is 33.2 Å². The lowest BCUT2D eigenvalue weighted by Gasteiger charge is -2.25. The summed E-state index contributed by atoms with van der Waals surface area (Å²) < 4.78 is 25.2. The fourth-order valence-electron chi connectivity index (χ4n) is 2.22. The Kier molecular flexibility index (Phi) is 4.49. The van der Waals surface area contributed by atoms with Gasteiger partial charge in [0.05, 0.1) is 17.0 Å². The number of benzene rings is 1. The van der Waals surface area contributed by atoms with Crippen molar-refractivity contribution in [2.75, 3.05) is 17.1 Å². The van der Waals surface area contributed by atoms with Crippen LogP contribution >= 0.6 is 11.6 Å². The molecule has 0 saturated heterocycles. The Morgan fingerprint density at radius 1 is 1.38 bits per heavy atom. The second-order valence-corrected chi connectivity index (χ2v) is 7.84. The van der Waals surface area contributed by atoms with Crippen molar-refractivity contribution in [2.45, 2.75) is 32.7 Å². The minimum atomic E-state index is -3.60. The van der Waals surface area contributed by atoms with Crippen LogP contribution in [0.1, 0.15) is 24.0 Å². The predicted octanol–water partition coefficient (Wildman–Crippen LogP) is 2.00. The van der Waals surface area contributed by atoms with Crippen LogP contribution in [0.4, 0.5) is 5.69 Å². The monoisotopic (exact) mass is 330 g/mol. The van der Waals surface area contributed by atoms with Gasteiger partial charge in [-0.05, 0) is 43.9 Å². The second kappa shape index (κ2) is 5.85. The Labute approximate surface area is 130 Å². The fraction of sp³-hybridized carbons (Fsp3) is 0.500. The van der Waals surface area contributed by atoms with Crippen molar-refractivity contribution in [1.82, 2.24) is 5.32 Å². The minimum Gasteiger partial charge on any atom is -0.352 e. The highest BCUT2D eigenvalue weighted by atomic mass is 35.5. The normalized spacial score (nSPS) is 14.9. The van der Waals surface area contributed by atoms with Crippen LogP contribution in [0.5, 0.6) is 0 Å². The molecule has 1 aliphatic rings. The standard InChI is InChI=1S/C14H19ClN2O3S/c1-9-6-10(2)14(12(15)7-9)17(21(3,19)20)8-13(18)16-11-4-5-11/h6-7,11H,4-5,8H2,1-3H3,(H,16,18). The zero-order valence-corrected chi connectivity index (χ0v) is 13.9. The largest absolute Gasteiger partial charge is 0.352 e. The SMILES string of the molecule is Cc1cc(C)c(N(CC(=O)NC2CC2)S(C)(=O)=O)c(Cl)c1. The van der Waals surface area contributed by atoms with Crippen LogP contribution in [0, 0.1) is 13.8 Å². The molecule has 7 heteroatoms. The van der Waals surface area contributed by atoms with Crippen molar-refractivity contribution in [1.29, 1.82) is 0 Å². The smallest absolute Gasteiger partial charge is 0.240 e.